The van der Waals surface area contributed by atoms with E-state index in [0.29, 0.717) is 5.56 Å². The van der Waals surface area contributed by atoms with Gasteiger partial charge in [-0.05, 0) is 68.1 Å². The Morgan fingerprint density at radius 1 is 1.14 bits per heavy atom. The van der Waals surface area contributed by atoms with Gasteiger partial charge in [-0.1, -0.05) is 12.1 Å². The second-order valence-electron chi connectivity index (χ2n) is 7.41. The van der Waals surface area contributed by atoms with Crippen molar-refractivity contribution < 1.29 is 9.13 Å². The third-order valence-corrected chi connectivity index (χ3v) is 5.46. The van der Waals surface area contributed by atoms with Crippen molar-refractivity contribution in [3.8, 4) is 11.8 Å². The highest BCUT2D eigenvalue weighted by molar-refractivity contribution is 5.86. The Bertz CT molecular complexity index is 966. The second-order valence-corrected chi connectivity index (χ2v) is 7.41. The maximum absolute atomic E-state index is 13.0. The summed E-state index contributed by atoms with van der Waals surface area (Å²) in [7, 11) is 0. The van der Waals surface area contributed by atoms with Gasteiger partial charge in [0.15, 0.2) is 0 Å². The normalized spacial score (nSPS) is 15.6. The van der Waals surface area contributed by atoms with Crippen molar-refractivity contribution >= 4 is 10.9 Å². The Kier molecular flexibility index (Phi) is 5.59. The molecule has 0 radical (unpaired) electrons. The minimum Gasteiger partial charge on any atom is -0.490 e. The number of aryl methyl sites for hydroxylation is 1. The van der Waals surface area contributed by atoms with E-state index in [1.807, 2.05) is 6.07 Å². The van der Waals surface area contributed by atoms with E-state index in [-0.39, 0.29) is 11.9 Å². The Balaban J connectivity index is 1.21. The lowest BCUT2D eigenvalue weighted by molar-refractivity contribution is 0.0999. The number of likely N-dealkylation sites (tertiary alicyclic amines) is 1. The van der Waals surface area contributed by atoms with Crippen LogP contribution >= 0.6 is 0 Å². The molecule has 0 aliphatic carbocycles. The van der Waals surface area contributed by atoms with Crippen LogP contribution in [0.25, 0.3) is 10.9 Å². The Morgan fingerprint density at radius 3 is 2.68 bits per heavy atom. The molecule has 28 heavy (non-hydrogen) atoms. The highest BCUT2D eigenvalue weighted by Crippen LogP contribution is 2.21. The zero-order chi connectivity index (χ0) is 19.3. The van der Waals surface area contributed by atoms with Crippen LogP contribution in [0.5, 0.6) is 5.75 Å². The van der Waals surface area contributed by atoms with E-state index in [1.54, 1.807) is 18.3 Å². The maximum atomic E-state index is 13.0. The molecule has 0 saturated carbocycles. The van der Waals surface area contributed by atoms with Crippen LogP contribution in [-0.4, -0.2) is 35.6 Å². The first-order chi connectivity index (χ1) is 13.7. The molecule has 2 aromatic carbocycles. The van der Waals surface area contributed by atoms with Crippen LogP contribution in [0.4, 0.5) is 4.39 Å². The minimum absolute atomic E-state index is 0.214. The number of ether oxygens (including phenoxy) is 1. The quantitative estimate of drug-likeness (QED) is 0.680. The number of hydrogen-bond acceptors (Lipinski definition) is 3. The number of aromatic nitrogens is 1. The number of hydrogen-bond donors (Lipinski definition) is 1. The summed E-state index contributed by atoms with van der Waals surface area (Å²) in [6.45, 7) is 3.15. The van der Waals surface area contributed by atoms with Crippen LogP contribution in [0, 0.1) is 17.1 Å². The molecular formula is C23H24FN3O. The predicted molar refractivity (Wildman–Crippen MR) is 108 cm³/mol. The molecule has 0 unspecified atom stereocenters. The molecule has 1 aromatic heterocycles. The molecular weight excluding hydrogens is 353 g/mol. The van der Waals surface area contributed by atoms with E-state index in [0.717, 1.165) is 62.0 Å². The molecule has 1 aliphatic heterocycles. The van der Waals surface area contributed by atoms with Crippen LogP contribution in [0.3, 0.4) is 0 Å². The lowest BCUT2D eigenvalue weighted by Gasteiger charge is -2.32. The minimum atomic E-state index is -0.233. The first-order valence-corrected chi connectivity index (χ1v) is 9.86. The molecule has 0 bridgehead atoms. The second kappa shape index (κ2) is 8.45. The number of benzene rings is 2. The summed E-state index contributed by atoms with van der Waals surface area (Å²) in [4.78, 5) is 5.67. The van der Waals surface area contributed by atoms with Crippen molar-refractivity contribution in [2.24, 2.45) is 0 Å². The first kappa shape index (κ1) is 18.5. The molecule has 1 aliphatic rings. The highest BCUT2D eigenvalue weighted by Gasteiger charge is 2.20. The standard InChI is InChI=1S/C23H24FN3O/c24-19-4-6-20(7-5-19)28-21-9-12-27(13-10-21)11-1-2-17-3-8-22-18(15-25)16-26-23(22)14-17/h3-8,14,16,21,26H,1-2,9-13H2. The third kappa shape index (κ3) is 4.35. The highest BCUT2D eigenvalue weighted by atomic mass is 19.1. The van der Waals surface area contributed by atoms with Crippen molar-refractivity contribution in [3.63, 3.8) is 0 Å². The fourth-order valence-electron chi connectivity index (χ4n) is 3.88. The summed E-state index contributed by atoms with van der Waals surface area (Å²) >= 11 is 0. The molecule has 0 spiro atoms. The van der Waals surface area contributed by atoms with Crippen molar-refractivity contribution in [3.05, 3.63) is 65.6 Å². The number of halogens is 1. The smallest absolute Gasteiger partial charge is 0.123 e. The van der Waals surface area contributed by atoms with Gasteiger partial charge in [0, 0.05) is 30.2 Å². The zero-order valence-corrected chi connectivity index (χ0v) is 15.8. The largest absolute Gasteiger partial charge is 0.490 e. The van der Waals surface area contributed by atoms with Gasteiger partial charge in [0.2, 0.25) is 0 Å². The fraction of sp³-hybridized carbons (Fsp3) is 0.348. The summed E-state index contributed by atoms with van der Waals surface area (Å²) in [6, 6.07) is 14.8. The zero-order valence-electron chi connectivity index (χ0n) is 15.8. The first-order valence-electron chi connectivity index (χ1n) is 9.86. The molecule has 1 saturated heterocycles. The van der Waals surface area contributed by atoms with Crippen LogP contribution in [-0.2, 0) is 6.42 Å². The number of nitriles is 1. The number of piperidine rings is 1. The summed E-state index contributed by atoms with van der Waals surface area (Å²) in [5.74, 6) is 0.516. The van der Waals surface area contributed by atoms with E-state index >= 15 is 0 Å². The van der Waals surface area contributed by atoms with Crippen LogP contribution in [0.15, 0.2) is 48.7 Å². The van der Waals surface area contributed by atoms with Gasteiger partial charge in [-0.2, -0.15) is 5.26 Å². The van der Waals surface area contributed by atoms with Crippen LogP contribution in [0.2, 0.25) is 0 Å². The van der Waals surface area contributed by atoms with Crippen molar-refractivity contribution in [2.45, 2.75) is 31.8 Å². The molecule has 4 rings (SSSR count). The van der Waals surface area contributed by atoms with E-state index in [1.165, 1.54) is 17.7 Å². The van der Waals surface area contributed by atoms with Crippen LogP contribution in [0.1, 0.15) is 30.4 Å². The van der Waals surface area contributed by atoms with Gasteiger partial charge in [-0.15, -0.1) is 0 Å². The molecule has 2 heterocycles. The summed E-state index contributed by atoms with van der Waals surface area (Å²) in [6.07, 6.45) is 6.13. The van der Waals surface area contributed by atoms with Crippen molar-refractivity contribution in [1.29, 1.82) is 5.26 Å². The van der Waals surface area contributed by atoms with Gasteiger partial charge in [0.1, 0.15) is 23.7 Å². The van der Waals surface area contributed by atoms with Gasteiger partial charge in [0.05, 0.1) is 5.56 Å². The predicted octanol–water partition coefficient (Wildman–Crippen LogP) is 4.65. The maximum Gasteiger partial charge on any atom is 0.123 e. The monoisotopic (exact) mass is 377 g/mol. The van der Waals surface area contributed by atoms with E-state index in [9.17, 15) is 4.39 Å². The average Bonchev–Trinajstić information content (AvgIpc) is 3.13. The van der Waals surface area contributed by atoms with Crippen molar-refractivity contribution in [2.75, 3.05) is 19.6 Å². The number of fused-ring (bicyclic) bond motifs is 1. The van der Waals surface area contributed by atoms with E-state index in [2.05, 4.69) is 28.1 Å². The molecule has 0 amide bonds. The fourth-order valence-corrected chi connectivity index (χ4v) is 3.88. The number of aromatic amines is 1. The Morgan fingerprint density at radius 2 is 1.93 bits per heavy atom. The Hall–Kier alpha value is -2.84. The third-order valence-electron chi connectivity index (χ3n) is 5.46. The lowest BCUT2D eigenvalue weighted by atomic mass is 10.0. The van der Waals surface area contributed by atoms with Gasteiger partial charge < -0.3 is 14.6 Å². The number of nitrogens with one attached hydrogen (secondary N) is 1. The molecule has 3 aromatic rings. The molecule has 144 valence electrons. The Labute approximate surface area is 164 Å². The number of H-pyrrole nitrogens is 1. The summed E-state index contributed by atoms with van der Waals surface area (Å²) in [5, 5.41) is 10.1. The molecule has 4 nitrogen and oxygen atoms in total. The van der Waals surface area contributed by atoms with E-state index < -0.39 is 0 Å². The summed E-state index contributed by atoms with van der Waals surface area (Å²) < 4.78 is 18.9. The van der Waals surface area contributed by atoms with Gasteiger partial charge in [0.25, 0.3) is 0 Å². The van der Waals surface area contributed by atoms with Crippen molar-refractivity contribution in [1.82, 2.24) is 9.88 Å². The molecule has 1 N–H and O–H groups in total. The summed E-state index contributed by atoms with van der Waals surface area (Å²) in [5.41, 5.74) is 3.04. The molecule has 1 fully saturated rings. The number of nitrogens with zero attached hydrogens (tertiary/aromatic N) is 2. The van der Waals surface area contributed by atoms with Crippen LogP contribution < -0.4 is 4.74 Å². The SMILES string of the molecule is N#Cc1c[nH]c2cc(CCCN3CCC(Oc4ccc(F)cc4)CC3)ccc12. The molecule has 5 heteroatoms. The average molecular weight is 377 g/mol. The number of rotatable bonds is 6. The van der Waals surface area contributed by atoms with Gasteiger partial charge in [-0.25, -0.2) is 4.39 Å². The van der Waals surface area contributed by atoms with Gasteiger partial charge >= 0.3 is 0 Å². The van der Waals surface area contributed by atoms with E-state index in [4.69, 9.17) is 10.00 Å². The van der Waals surface area contributed by atoms with Gasteiger partial charge in [-0.3, -0.25) is 0 Å². The lowest BCUT2D eigenvalue weighted by Crippen LogP contribution is -2.38. The molecule has 0 atom stereocenters. The topological polar surface area (TPSA) is 52.0 Å².